The Morgan fingerprint density at radius 2 is 1.38 bits per heavy atom. The summed E-state index contributed by atoms with van der Waals surface area (Å²) in [6.45, 7) is 0. The van der Waals surface area contributed by atoms with Crippen LogP contribution in [-0.4, -0.2) is 28.8 Å². The number of aliphatic hydroxyl groups excluding tert-OH is 2. The normalized spacial score (nSPS) is 18.0. The lowest BCUT2D eigenvalue weighted by Crippen LogP contribution is -2.19. The molecule has 5 N–H and O–H groups in total. The van der Waals surface area contributed by atoms with Crippen molar-refractivity contribution in [3.8, 4) is 11.5 Å². The van der Waals surface area contributed by atoms with E-state index in [1.165, 1.54) is 6.07 Å². The van der Waals surface area contributed by atoms with Gasteiger partial charge in [-0.2, -0.15) is 13.2 Å². The first-order valence-corrected chi connectivity index (χ1v) is 10.6. The van der Waals surface area contributed by atoms with Crippen molar-refractivity contribution in [2.75, 3.05) is 4.72 Å². The first-order valence-electron chi connectivity index (χ1n) is 9.15. The minimum atomic E-state index is -4.65. The zero-order chi connectivity index (χ0) is 23.4. The molecule has 7 nitrogen and oxygen atoms in total. The molecular formula is C21H16F3NO6S. The van der Waals surface area contributed by atoms with Crippen molar-refractivity contribution in [2.24, 2.45) is 0 Å². The molecular weight excluding hydrogens is 451 g/mol. The third-order valence-corrected chi connectivity index (χ3v) is 6.62. The highest BCUT2D eigenvalue weighted by Gasteiger charge is 2.35. The van der Waals surface area contributed by atoms with Crippen LogP contribution in [0.25, 0.3) is 0 Å². The lowest BCUT2D eigenvalue weighted by atomic mass is 9.81. The Balaban J connectivity index is 1.75. The molecule has 1 aliphatic carbocycles. The fourth-order valence-corrected chi connectivity index (χ4v) is 4.70. The average Bonchev–Trinajstić information content (AvgIpc) is 2.74. The van der Waals surface area contributed by atoms with E-state index in [0.29, 0.717) is 23.3 Å². The van der Waals surface area contributed by atoms with Crippen LogP contribution in [0.2, 0.25) is 0 Å². The first kappa shape index (κ1) is 21.9. The second kappa shape index (κ2) is 7.40. The summed E-state index contributed by atoms with van der Waals surface area (Å²) in [5, 5.41) is 42.1. The van der Waals surface area contributed by atoms with Gasteiger partial charge in [0.25, 0.3) is 10.0 Å². The Labute approximate surface area is 180 Å². The van der Waals surface area contributed by atoms with Crippen LogP contribution in [0.15, 0.2) is 59.5 Å². The highest BCUT2D eigenvalue weighted by atomic mass is 32.2. The number of hydrogen-bond donors (Lipinski definition) is 5. The largest absolute Gasteiger partial charge is 0.504 e. The monoisotopic (exact) mass is 467 g/mol. The van der Waals surface area contributed by atoms with Crippen LogP contribution in [0.5, 0.6) is 11.5 Å². The van der Waals surface area contributed by atoms with Gasteiger partial charge in [-0.15, -0.1) is 0 Å². The Morgan fingerprint density at radius 3 is 1.94 bits per heavy atom. The fraction of sp³-hybridized carbons (Fsp3) is 0.143. The number of aliphatic hydroxyl groups is 2. The van der Waals surface area contributed by atoms with E-state index < -0.39 is 56.1 Å². The van der Waals surface area contributed by atoms with Gasteiger partial charge in [0, 0.05) is 5.56 Å². The van der Waals surface area contributed by atoms with Crippen LogP contribution in [0, 0.1) is 0 Å². The molecule has 0 saturated carbocycles. The molecule has 11 heteroatoms. The van der Waals surface area contributed by atoms with E-state index >= 15 is 0 Å². The minimum Gasteiger partial charge on any atom is -0.504 e. The fourth-order valence-electron chi connectivity index (χ4n) is 3.64. The third kappa shape index (κ3) is 3.53. The highest BCUT2D eigenvalue weighted by molar-refractivity contribution is 7.92. The number of phenolic OH excluding ortho intramolecular Hbond substituents is 2. The predicted octanol–water partition coefficient (Wildman–Crippen LogP) is 3.39. The second-order valence-electron chi connectivity index (χ2n) is 7.19. The molecule has 0 aliphatic heterocycles. The molecule has 0 spiro atoms. The van der Waals surface area contributed by atoms with Gasteiger partial charge in [-0.05, 0) is 47.0 Å². The van der Waals surface area contributed by atoms with Crippen molar-refractivity contribution in [1.29, 1.82) is 0 Å². The van der Waals surface area contributed by atoms with E-state index in [9.17, 15) is 42.0 Å². The SMILES string of the molecule is O=S(=O)(Nc1cc2c(c(O)c1O)C(O)c1ccccc1C2O)c1ccc(C(F)(F)F)cc1. The number of halogens is 3. The van der Waals surface area contributed by atoms with Crippen LogP contribution in [0.3, 0.4) is 0 Å². The number of fused-ring (bicyclic) bond motifs is 2. The number of sulfonamides is 1. The van der Waals surface area contributed by atoms with Gasteiger partial charge in [-0.1, -0.05) is 24.3 Å². The zero-order valence-corrected chi connectivity index (χ0v) is 16.8. The molecule has 32 heavy (non-hydrogen) atoms. The molecule has 3 aromatic carbocycles. The quantitative estimate of drug-likeness (QED) is 0.376. The third-order valence-electron chi connectivity index (χ3n) is 5.23. The molecule has 0 amide bonds. The Bertz CT molecular complexity index is 1310. The summed E-state index contributed by atoms with van der Waals surface area (Å²) in [4.78, 5) is -0.520. The maximum absolute atomic E-state index is 12.7. The van der Waals surface area contributed by atoms with Gasteiger partial charge in [0.15, 0.2) is 11.5 Å². The maximum atomic E-state index is 12.7. The molecule has 1 aliphatic rings. The smallest absolute Gasteiger partial charge is 0.416 e. The van der Waals surface area contributed by atoms with E-state index in [-0.39, 0.29) is 11.1 Å². The topological polar surface area (TPSA) is 127 Å². The van der Waals surface area contributed by atoms with Crippen molar-refractivity contribution in [2.45, 2.75) is 23.3 Å². The summed E-state index contributed by atoms with van der Waals surface area (Å²) in [5.41, 5.74) is -1.16. The van der Waals surface area contributed by atoms with Gasteiger partial charge in [-0.25, -0.2) is 8.42 Å². The summed E-state index contributed by atoms with van der Waals surface area (Å²) in [6, 6.07) is 10.0. The Hall–Kier alpha value is -3.28. The van der Waals surface area contributed by atoms with Gasteiger partial charge >= 0.3 is 6.18 Å². The molecule has 4 rings (SSSR count). The predicted molar refractivity (Wildman–Crippen MR) is 107 cm³/mol. The number of alkyl halides is 3. The van der Waals surface area contributed by atoms with Crippen LogP contribution in [0.4, 0.5) is 18.9 Å². The number of aromatic hydroxyl groups is 2. The van der Waals surface area contributed by atoms with Crippen molar-refractivity contribution in [3.05, 3.63) is 82.4 Å². The maximum Gasteiger partial charge on any atom is 0.416 e. The van der Waals surface area contributed by atoms with E-state index in [4.69, 9.17) is 0 Å². The van der Waals surface area contributed by atoms with Crippen molar-refractivity contribution >= 4 is 15.7 Å². The van der Waals surface area contributed by atoms with Crippen LogP contribution in [0.1, 0.15) is 40.0 Å². The summed E-state index contributed by atoms with van der Waals surface area (Å²) < 4.78 is 65.5. The van der Waals surface area contributed by atoms with E-state index in [1.54, 1.807) is 18.2 Å². The number of anilines is 1. The number of hydrogen-bond acceptors (Lipinski definition) is 6. The molecule has 0 heterocycles. The standard InChI is InChI=1S/C21H16F3NO6S/c22-21(23,24)10-5-7-11(8-6-10)32(30,31)25-15-9-14-16(20(29)19(15)28)18(27)13-4-2-1-3-12(13)17(14)26/h1-9,17-18,25-29H. The molecule has 0 bridgehead atoms. The van der Waals surface area contributed by atoms with Gasteiger partial charge in [0.1, 0.15) is 12.2 Å². The summed E-state index contributed by atoms with van der Waals surface area (Å²) in [7, 11) is -4.47. The lowest BCUT2D eigenvalue weighted by molar-refractivity contribution is -0.137. The Kier molecular flexibility index (Phi) is 5.07. The molecule has 2 atom stereocenters. The molecule has 168 valence electrons. The number of benzene rings is 3. The highest BCUT2D eigenvalue weighted by Crippen LogP contribution is 2.50. The van der Waals surface area contributed by atoms with Crippen LogP contribution < -0.4 is 4.72 Å². The van der Waals surface area contributed by atoms with Crippen molar-refractivity contribution < 1.29 is 42.0 Å². The number of phenols is 2. The Morgan fingerprint density at radius 1 is 0.812 bits per heavy atom. The average molecular weight is 467 g/mol. The first-order chi connectivity index (χ1) is 14.9. The van der Waals surface area contributed by atoms with Gasteiger partial charge in [0.05, 0.1) is 16.1 Å². The zero-order valence-electron chi connectivity index (χ0n) is 16.0. The van der Waals surface area contributed by atoms with Crippen LogP contribution >= 0.6 is 0 Å². The number of rotatable bonds is 3. The summed E-state index contributed by atoms with van der Waals surface area (Å²) in [5.74, 6) is -1.75. The minimum absolute atomic E-state index is 0.0448. The number of nitrogens with one attached hydrogen (secondary N) is 1. The molecule has 0 saturated heterocycles. The summed E-state index contributed by atoms with van der Waals surface area (Å²) in [6.07, 6.45) is -7.38. The van der Waals surface area contributed by atoms with Gasteiger partial charge in [0.2, 0.25) is 0 Å². The molecule has 2 unspecified atom stereocenters. The van der Waals surface area contributed by atoms with E-state index in [1.807, 2.05) is 4.72 Å². The van der Waals surface area contributed by atoms with Gasteiger partial charge < -0.3 is 20.4 Å². The van der Waals surface area contributed by atoms with E-state index in [0.717, 1.165) is 18.2 Å². The van der Waals surface area contributed by atoms with Crippen LogP contribution in [-0.2, 0) is 16.2 Å². The van der Waals surface area contributed by atoms with Crippen molar-refractivity contribution in [3.63, 3.8) is 0 Å². The summed E-state index contributed by atoms with van der Waals surface area (Å²) >= 11 is 0. The van der Waals surface area contributed by atoms with E-state index in [2.05, 4.69) is 0 Å². The van der Waals surface area contributed by atoms with Crippen molar-refractivity contribution in [1.82, 2.24) is 0 Å². The lowest BCUT2D eigenvalue weighted by Gasteiger charge is -2.30. The second-order valence-corrected chi connectivity index (χ2v) is 8.87. The van der Waals surface area contributed by atoms with Gasteiger partial charge in [-0.3, -0.25) is 4.72 Å². The molecule has 0 fully saturated rings. The molecule has 3 aromatic rings. The molecule has 0 radical (unpaired) electrons. The molecule has 0 aromatic heterocycles.